The molecule has 0 bridgehead atoms. The topological polar surface area (TPSA) is 49.7 Å². The van der Waals surface area contributed by atoms with Crippen molar-refractivity contribution in [3.8, 4) is 17.2 Å². The number of hydrogen-bond acceptors (Lipinski definition) is 3. The minimum atomic E-state index is -0.0992. The van der Waals surface area contributed by atoms with Gasteiger partial charge in [-0.15, -0.1) is 0 Å². The fourth-order valence-corrected chi connectivity index (χ4v) is 5.29. The number of phenols is 2. The van der Waals surface area contributed by atoms with E-state index in [1.165, 1.54) is 11.1 Å². The van der Waals surface area contributed by atoms with Gasteiger partial charge in [0, 0.05) is 29.0 Å². The first-order chi connectivity index (χ1) is 14.1. The zero-order valence-electron chi connectivity index (χ0n) is 19.1. The largest absolute Gasteiger partial charge is 0.507 e. The molecule has 2 aliphatic rings. The van der Waals surface area contributed by atoms with Crippen molar-refractivity contribution < 1.29 is 14.9 Å². The Bertz CT molecular complexity index is 919. The molecular weight excluding hydrogens is 372 g/mol. The summed E-state index contributed by atoms with van der Waals surface area (Å²) in [5, 5.41) is 22.6. The fourth-order valence-electron chi connectivity index (χ4n) is 5.29. The molecule has 30 heavy (non-hydrogen) atoms. The number of phenolic OH excluding ortho intramolecular Hbond substituents is 2. The molecule has 0 saturated carbocycles. The molecule has 162 valence electrons. The van der Waals surface area contributed by atoms with Crippen molar-refractivity contribution in [3.63, 3.8) is 0 Å². The Morgan fingerprint density at radius 2 is 1.37 bits per heavy atom. The number of rotatable bonds is 5. The molecule has 2 aliphatic carbocycles. The third-order valence-corrected chi connectivity index (χ3v) is 6.97. The highest BCUT2D eigenvalue weighted by Crippen LogP contribution is 2.53. The zero-order chi connectivity index (χ0) is 22.2. The van der Waals surface area contributed by atoms with Crippen LogP contribution in [0, 0.1) is 11.8 Å². The molecule has 3 heteroatoms. The maximum atomic E-state index is 11.6. The first kappa shape index (κ1) is 22.3. The molecule has 0 spiro atoms. The second kappa shape index (κ2) is 8.75. The van der Waals surface area contributed by atoms with E-state index < -0.39 is 0 Å². The van der Waals surface area contributed by atoms with E-state index in [0.717, 1.165) is 42.4 Å². The van der Waals surface area contributed by atoms with Gasteiger partial charge in [0.25, 0.3) is 0 Å². The monoisotopic (exact) mass is 408 g/mol. The summed E-state index contributed by atoms with van der Waals surface area (Å²) in [6.45, 7) is 16.8. The lowest BCUT2D eigenvalue weighted by atomic mass is 9.70. The van der Waals surface area contributed by atoms with Crippen molar-refractivity contribution in [2.75, 3.05) is 7.11 Å². The van der Waals surface area contributed by atoms with Crippen LogP contribution < -0.4 is 4.74 Å². The quantitative estimate of drug-likeness (QED) is 0.509. The number of aromatic hydroxyl groups is 2. The highest BCUT2D eigenvalue weighted by atomic mass is 16.5. The predicted molar refractivity (Wildman–Crippen MR) is 124 cm³/mol. The van der Waals surface area contributed by atoms with Gasteiger partial charge in [0.2, 0.25) is 0 Å². The van der Waals surface area contributed by atoms with Crippen molar-refractivity contribution in [3.05, 3.63) is 64.8 Å². The Labute approximate surface area is 181 Å². The molecule has 1 aromatic rings. The number of allylic oxidation sites excluding steroid dienone is 6. The summed E-state index contributed by atoms with van der Waals surface area (Å²) in [4.78, 5) is 0. The van der Waals surface area contributed by atoms with Gasteiger partial charge in [0.1, 0.15) is 17.2 Å². The maximum Gasteiger partial charge on any atom is 0.130 e. The predicted octanol–water partition coefficient (Wildman–Crippen LogP) is 7.14. The highest BCUT2D eigenvalue weighted by molar-refractivity contribution is 5.62. The maximum absolute atomic E-state index is 11.6. The molecule has 0 amide bonds. The summed E-state index contributed by atoms with van der Waals surface area (Å²) in [6.07, 6.45) is 8.44. The average Bonchev–Trinajstić information content (AvgIpc) is 2.67. The summed E-state index contributed by atoms with van der Waals surface area (Å²) in [5.41, 5.74) is 6.12. The molecule has 0 radical (unpaired) electrons. The number of hydrogen-bond donors (Lipinski definition) is 2. The van der Waals surface area contributed by atoms with E-state index in [1.54, 1.807) is 13.2 Å². The number of ether oxygens (including phenoxy) is 1. The summed E-state index contributed by atoms with van der Waals surface area (Å²) in [7, 11) is 1.59. The second-order valence-electron chi connectivity index (χ2n) is 9.33. The molecule has 0 aromatic heterocycles. The lowest BCUT2D eigenvalue weighted by Gasteiger charge is -2.35. The van der Waals surface area contributed by atoms with E-state index in [2.05, 4.69) is 46.1 Å². The summed E-state index contributed by atoms with van der Waals surface area (Å²) >= 11 is 0. The van der Waals surface area contributed by atoms with Crippen molar-refractivity contribution in [2.24, 2.45) is 11.8 Å². The lowest BCUT2D eigenvalue weighted by Crippen LogP contribution is -2.20. The van der Waals surface area contributed by atoms with Crippen LogP contribution >= 0.6 is 0 Å². The standard InChI is InChI=1S/C27H36O3/c1-15(2)19-10-8-17(5)12-21(19)25-23(28)14-24(30-7)26(27(25)29)22-13-18(6)9-11-20(22)16(3)4/h12-14,19-22,28-29H,1,3,8-11H2,2,4-7H3. The number of methoxy groups -OCH3 is 1. The molecule has 3 nitrogen and oxygen atoms in total. The summed E-state index contributed by atoms with van der Waals surface area (Å²) in [6, 6.07) is 1.67. The Hall–Kier alpha value is -2.42. The van der Waals surface area contributed by atoms with E-state index in [0.29, 0.717) is 11.3 Å². The fraction of sp³-hybridized carbons (Fsp3) is 0.481. The third-order valence-electron chi connectivity index (χ3n) is 6.97. The van der Waals surface area contributed by atoms with Crippen molar-refractivity contribution in [2.45, 2.75) is 65.2 Å². The van der Waals surface area contributed by atoms with Crippen molar-refractivity contribution in [1.29, 1.82) is 0 Å². The van der Waals surface area contributed by atoms with E-state index in [4.69, 9.17) is 4.74 Å². The summed E-state index contributed by atoms with van der Waals surface area (Å²) in [5.74, 6) is 1.05. The van der Waals surface area contributed by atoms with E-state index in [9.17, 15) is 10.2 Å². The van der Waals surface area contributed by atoms with Gasteiger partial charge >= 0.3 is 0 Å². The smallest absolute Gasteiger partial charge is 0.130 e. The van der Waals surface area contributed by atoms with Gasteiger partial charge in [-0.25, -0.2) is 0 Å². The Morgan fingerprint density at radius 1 is 0.900 bits per heavy atom. The van der Waals surface area contributed by atoms with Crippen LogP contribution in [-0.2, 0) is 0 Å². The number of benzene rings is 1. The van der Waals surface area contributed by atoms with Crippen molar-refractivity contribution in [1.82, 2.24) is 0 Å². The highest BCUT2D eigenvalue weighted by Gasteiger charge is 2.36. The Kier molecular flexibility index (Phi) is 6.50. The average molecular weight is 409 g/mol. The molecule has 3 rings (SSSR count). The van der Waals surface area contributed by atoms with Gasteiger partial charge < -0.3 is 14.9 Å². The molecular formula is C27H36O3. The van der Waals surface area contributed by atoms with Crippen LogP contribution in [0.25, 0.3) is 0 Å². The van der Waals surface area contributed by atoms with Gasteiger partial charge in [-0.1, -0.05) is 47.6 Å². The van der Waals surface area contributed by atoms with Crippen LogP contribution in [0.3, 0.4) is 0 Å². The first-order valence-electron chi connectivity index (χ1n) is 10.9. The van der Waals surface area contributed by atoms with Crippen LogP contribution in [0.4, 0.5) is 0 Å². The molecule has 4 unspecified atom stereocenters. The molecule has 4 atom stereocenters. The molecule has 0 heterocycles. The van der Waals surface area contributed by atoms with Gasteiger partial charge in [0.05, 0.1) is 7.11 Å². The van der Waals surface area contributed by atoms with Crippen molar-refractivity contribution >= 4 is 0 Å². The molecule has 1 aromatic carbocycles. The van der Waals surface area contributed by atoms with Gasteiger partial charge in [-0.2, -0.15) is 0 Å². The lowest BCUT2D eigenvalue weighted by molar-refractivity contribution is 0.363. The van der Waals surface area contributed by atoms with Gasteiger partial charge in [-0.05, 0) is 65.2 Å². The van der Waals surface area contributed by atoms with Crippen LogP contribution in [-0.4, -0.2) is 17.3 Å². The van der Waals surface area contributed by atoms with Gasteiger partial charge in [0.15, 0.2) is 0 Å². The third kappa shape index (κ3) is 4.08. The van der Waals surface area contributed by atoms with Crippen LogP contribution in [0.5, 0.6) is 17.2 Å². The molecule has 0 aliphatic heterocycles. The minimum Gasteiger partial charge on any atom is -0.507 e. The van der Waals surface area contributed by atoms with E-state index >= 15 is 0 Å². The molecule has 0 saturated heterocycles. The second-order valence-corrected chi connectivity index (χ2v) is 9.33. The Balaban J connectivity index is 2.25. The van der Waals surface area contributed by atoms with Crippen LogP contribution in [0.15, 0.2) is 53.7 Å². The van der Waals surface area contributed by atoms with Crippen LogP contribution in [0.2, 0.25) is 0 Å². The first-order valence-corrected chi connectivity index (χ1v) is 10.9. The van der Waals surface area contributed by atoms with E-state index in [-0.39, 0.29) is 35.2 Å². The zero-order valence-corrected chi connectivity index (χ0v) is 19.1. The summed E-state index contributed by atoms with van der Waals surface area (Å²) < 4.78 is 5.65. The SMILES string of the molecule is C=C(C)C1CCC(C)=CC1c1c(O)cc(OC)c(C2C=C(C)CCC2C(=C)C)c1O. The van der Waals surface area contributed by atoms with Crippen LogP contribution in [0.1, 0.15) is 76.3 Å². The van der Waals surface area contributed by atoms with Gasteiger partial charge in [-0.3, -0.25) is 0 Å². The molecule has 2 N–H and O–H groups in total. The Morgan fingerprint density at radius 3 is 1.80 bits per heavy atom. The molecule has 0 fully saturated rings. The minimum absolute atomic E-state index is 0.0255. The normalized spacial score (nSPS) is 26.6. The van der Waals surface area contributed by atoms with E-state index in [1.807, 2.05) is 6.92 Å².